The number of rotatable bonds is 3. The first kappa shape index (κ1) is 19.1. The van der Waals surface area contributed by atoms with Gasteiger partial charge in [0.05, 0.1) is 21.0 Å². The van der Waals surface area contributed by atoms with Crippen molar-refractivity contribution in [2.24, 2.45) is 0 Å². The molecule has 0 spiro atoms. The van der Waals surface area contributed by atoms with E-state index in [0.29, 0.717) is 37.6 Å². The van der Waals surface area contributed by atoms with Crippen molar-refractivity contribution >= 4 is 33.2 Å². The zero-order valence-corrected chi connectivity index (χ0v) is 16.2. The van der Waals surface area contributed by atoms with Crippen molar-refractivity contribution in [2.45, 2.75) is 4.90 Å². The van der Waals surface area contributed by atoms with E-state index in [1.807, 2.05) is 4.90 Å². The summed E-state index contributed by atoms with van der Waals surface area (Å²) in [5.74, 6) is 0.288. The minimum atomic E-state index is -3.44. The van der Waals surface area contributed by atoms with Gasteiger partial charge >= 0.3 is 0 Å². The molecule has 0 radical (unpaired) electrons. The Labute approximate surface area is 162 Å². The van der Waals surface area contributed by atoms with Gasteiger partial charge in [0.1, 0.15) is 11.9 Å². The lowest BCUT2D eigenvalue weighted by molar-refractivity contribution is 0.0746. The van der Waals surface area contributed by atoms with E-state index in [9.17, 15) is 18.5 Å². The number of halogens is 1. The predicted molar refractivity (Wildman–Crippen MR) is 102 cm³/mol. The van der Waals surface area contributed by atoms with Gasteiger partial charge in [-0.05, 0) is 30.3 Å². The summed E-state index contributed by atoms with van der Waals surface area (Å²) in [5.41, 5.74) is 0.657. The summed E-state index contributed by atoms with van der Waals surface area (Å²) in [6, 6.07) is 9.66. The molecule has 0 saturated carbocycles. The third-order valence-electron chi connectivity index (χ3n) is 4.37. The standard InChI is InChI=1S/C18H17ClN4O3S/c1-27(25,26)14-4-5-16(19)15(11-14)18(24)23-9-7-22(8-10-23)17-13(12-20)3-2-6-21-17/h2-6,11H,7-10H2,1H3. The number of amides is 1. The van der Waals surface area contributed by atoms with Gasteiger partial charge in [-0.1, -0.05) is 11.6 Å². The van der Waals surface area contributed by atoms with Crippen LogP contribution in [0, 0.1) is 11.3 Å². The van der Waals surface area contributed by atoms with Gasteiger partial charge in [-0.2, -0.15) is 5.26 Å². The summed E-state index contributed by atoms with van der Waals surface area (Å²) < 4.78 is 23.5. The molecule has 0 unspecified atom stereocenters. The number of hydrogen-bond donors (Lipinski definition) is 0. The average molecular weight is 405 g/mol. The third kappa shape index (κ3) is 4.04. The maximum absolute atomic E-state index is 12.8. The summed E-state index contributed by atoms with van der Waals surface area (Å²) in [6.45, 7) is 1.86. The topological polar surface area (TPSA) is 94.4 Å². The predicted octanol–water partition coefficient (Wildman–Crippen LogP) is 1.97. The number of nitrogens with zero attached hydrogens (tertiary/aromatic N) is 4. The number of nitriles is 1. The number of hydrogen-bond acceptors (Lipinski definition) is 6. The Morgan fingerprint density at radius 2 is 1.93 bits per heavy atom. The highest BCUT2D eigenvalue weighted by molar-refractivity contribution is 7.90. The van der Waals surface area contributed by atoms with Gasteiger partial charge in [-0.25, -0.2) is 13.4 Å². The Hall–Kier alpha value is -2.63. The van der Waals surface area contributed by atoms with Crippen LogP contribution in [0.15, 0.2) is 41.4 Å². The molecular formula is C18H17ClN4O3S. The van der Waals surface area contributed by atoms with Crippen molar-refractivity contribution in [3.63, 3.8) is 0 Å². The van der Waals surface area contributed by atoms with Gasteiger partial charge in [-0.15, -0.1) is 0 Å². The number of benzene rings is 1. The lowest BCUT2D eigenvalue weighted by Gasteiger charge is -2.35. The van der Waals surface area contributed by atoms with E-state index in [0.717, 1.165) is 6.26 Å². The lowest BCUT2D eigenvalue weighted by atomic mass is 10.1. The normalized spacial score (nSPS) is 14.7. The summed E-state index contributed by atoms with van der Waals surface area (Å²) in [4.78, 5) is 20.7. The Kier molecular flexibility index (Phi) is 5.35. The third-order valence-corrected chi connectivity index (χ3v) is 5.81. The van der Waals surface area contributed by atoms with E-state index in [2.05, 4.69) is 11.1 Å². The summed E-state index contributed by atoms with van der Waals surface area (Å²) in [6.07, 6.45) is 2.72. The lowest BCUT2D eigenvalue weighted by Crippen LogP contribution is -2.49. The smallest absolute Gasteiger partial charge is 0.255 e. The molecule has 0 N–H and O–H groups in total. The molecule has 140 valence electrons. The molecule has 0 bridgehead atoms. The molecule has 1 aliphatic rings. The van der Waals surface area contributed by atoms with Crippen LogP contribution in [0.1, 0.15) is 15.9 Å². The molecular weight excluding hydrogens is 388 g/mol. The minimum absolute atomic E-state index is 0.0565. The van der Waals surface area contributed by atoms with Crippen LogP contribution in [-0.2, 0) is 9.84 Å². The van der Waals surface area contributed by atoms with Gasteiger partial charge in [0.25, 0.3) is 5.91 Å². The molecule has 1 fully saturated rings. The fourth-order valence-corrected chi connectivity index (χ4v) is 3.77. The van der Waals surface area contributed by atoms with Crippen LogP contribution in [0.4, 0.5) is 5.82 Å². The number of sulfone groups is 1. The zero-order chi connectivity index (χ0) is 19.6. The number of aromatic nitrogens is 1. The number of piperazine rings is 1. The van der Waals surface area contributed by atoms with Crippen molar-refractivity contribution in [1.29, 1.82) is 5.26 Å². The van der Waals surface area contributed by atoms with Crippen molar-refractivity contribution < 1.29 is 13.2 Å². The largest absolute Gasteiger partial charge is 0.352 e. The summed E-state index contributed by atoms with van der Waals surface area (Å²) >= 11 is 6.13. The van der Waals surface area contributed by atoms with E-state index < -0.39 is 9.84 Å². The Morgan fingerprint density at radius 3 is 2.56 bits per heavy atom. The van der Waals surface area contributed by atoms with E-state index in [4.69, 9.17) is 11.6 Å². The second kappa shape index (κ2) is 7.55. The van der Waals surface area contributed by atoms with Crippen LogP contribution in [0.5, 0.6) is 0 Å². The highest BCUT2D eigenvalue weighted by Gasteiger charge is 2.26. The first-order valence-electron chi connectivity index (χ1n) is 8.20. The van der Waals surface area contributed by atoms with Gasteiger partial charge in [-0.3, -0.25) is 4.79 Å². The summed E-state index contributed by atoms with van der Waals surface area (Å²) in [5, 5.41) is 9.43. The fourth-order valence-electron chi connectivity index (χ4n) is 2.93. The Morgan fingerprint density at radius 1 is 1.22 bits per heavy atom. The maximum atomic E-state index is 12.8. The number of pyridine rings is 1. The number of carbonyl (C=O) groups excluding carboxylic acids is 1. The van der Waals surface area contributed by atoms with Crippen molar-refractivity contribution in [3.05, 3.63) is 52.7 Å². The second-order valence-corrected chi connectivity index (χ2v) is 8.60. The number of carbonyl (C=O) groups is 1. The molecule has 1 amide bonds. The Bertz CT molecular complexity index is 1030. The highest BCUT2D eigenvalue weighted by atomic mass is 35.5. The van der Waals surface area contributed by atoms with Crippen LogP contribution in [-0.4, -0.2) is 56.6 Å². The second-order valence-electron chi connectivity index (χ2n) is 6.18. The molecule has 7 nitrogen and oxygen atoms in total. The molecule has 9 heteroatoms. The fraction of sp³-hybridized carbons (Fsp3) is 0.278. The Balaban J connectivity index is 1.77. The van der Waals surface area contributed by atoms with E-state index in [1.165, 1.54) is 18.2 Å². The molecule has 2 heterocycles. The minimum Gasteiger partial charge on any atom is -0.352 e. The summed E-state index contributed by atoms with van der Waals surface area (Å²) in [7, 11) is -3.44. The monoisotopic (exact) mass is 404 g/mol. The molecule has 27 heavy (non-hydrogen) atoms. The van der Waals surface area contributed by atoms with Crippen molar-refractivity contribution in [2.75, 3.05) is 37.3 Å². The van der Waals surface area contributed by atoms with Gasteiger partial charge in [0, 0.05) is 38.6 Å². The van der Waals surface area contributed by atoms with Crippen LogP contribution >= 0.6 is 11.6 Å². The van der Waals surface area contributed by atoms with Gasteiger partial charge in [0.15, 0.2) is 9.84 Å². The first-order valence-corrected chi connectivity index (χ1v) is 10.5. The van der Waals surface area contributed by atoms with E-state index in [1.54, 1.807) is 23.2 Å². The highest BCUT2D eigenvalue weighted by Crippen LogP contribution is 2.24. The maximum Gasteiger partial charge on any atom is 0.255 e. The van der Waals surface area contributed by atoms with E-state index >= 15 is 0 Å². The zero-order valence-electron chi connectivity index (χ0n) is 14.6. The SMILES string of the molecule is CS(=O)(=O)c1ccc(Cl)c(C(=O)N2CCN(c3ncccc3C#N)CC2)c1. The molecule has 1 aromatic carbocycles. The molecule has 0 aliphatic carbocycles. The molecule has 1 saturated heterocycles. The van der Waals surface area contributed by atoms with E-state index in [-0.39, 0.29) is 21.4 Å². The average Bonchev–Trinajstić information content (AvgIpc) is 2.67. The van der Waals surface area contributed by atoms with Crippen LogP contribution < -0.4 is 4.90 Å². The van der Waals surface area contributed by atoms with Crippen LogP contribution in [0.3, 0.4) is 0 Å². The van der Waals surface area contributed by atoms with Gasteiger partial charge < -0.3 is 9.80 Å². The van der Waals surface area contributed by atoms with Crippen molar-refractivity contribution in [1.82, 2.24) is 9.88 Å². The van der Waals surface area contributed by atoms with Crippen LogP contribution in [0.2, 0.25) is 5.02 Å². The number of anilines is 1. The first-order chi connectivity index (χ1) is 12.8. The van der Waals surface area contributed by atoms with Crippen molar-refractivity contribution in [3.8, 4) is 6.07 Å². The molecule has 0 atom stereocenters. The van der Waals surface area contributed by atoms with Gasteiger partial charge in [0.2, 0.25) is 0 Å². The van der Waals surface area contributed by atoms with Crippen LogP contribution in [0.25, 0.3) is 0 Å². The molecule has 3 rings (SSSR count). The molecule has 1 aliphatic heterocycles. The molecule has 2 aromatic rings. The quantitative estimate of drug-likeness (QED) is 0.776. The molecule has 1 aromatic heterocycles.